The predicted octanol–water partition coefficient (Wildman–Crippen LogP) is 4.04. The topological polar surface area (TPSA) is 45.2 Å². The van der Waals surface area contributed by atoms with Gasteiger partial charge < -0.3 is 10.2 Å². The highest BCUT2D eigenvalue weighted by Gasteiger charge is 2.17. The van der Waals surface area contributed by atoms with Crippen LogP contribution in [0.15, 0.2) is 66.9 Å². The molecule has 0 bridgehead atoms. The van der Waals surface area contributed by atoms with E-state index < -0.39 is 11.7 Å². The number of hydrogen-bond acceptors (Lipinski definition) is 3. The lowest BCUT2D eigenvalue weighted by atomic mass is 10.00. The van der Waals surface area contributed by atoms with Crippen molar-refractivity contribution in [3.8, 4) is 0 Å². The fraction of sp³-hybridized carbons (Fsp3) is 0.143. The molecule has 130 valence electrons. The van der Waals surface area contributed by atoms with Crippen LogP contribution >= 0.6 is 0 Å². The number of amides is 1. The SMILES string of the molecule is O=C(Nc1ccc(N2CCc3ccccc3C2)nc1)c1ccccc1F. The van der Waals surface area contributed by atoms with Crippen LogP contribution in [0.4, 0.5) is 15.9 Å². The first-order valence-electron chi connectivity index (χ1n) is 8.54. The third kappa shape index (κ3) is 3.28. The highest BCUT2D eigenvalue weighted by atomic mass is 19.1. The molecule has 0 aliphatic carbocycles. The van der Waals surface area contributed by atoms with Crippen LogP contribution in [-0.2, 0) is 13.0 Å². The second-order valence-corrected chi connectivity index (χ2v) is 6.28. The zero-order chi connectivity index (χ0) is 17.9. The molecule has 3 aromatic rings. The van der Waals surface area contributed by atoms with Gasteiger partial charge in [0, 0.05) is 13.1 Å². The molecule has 2 aromatic carbocycles. The monoisotopic (exact) mass is 347 g/mol. The maximum atomic E-state index is 13.7. The summed E-state index contributed by atoms with van der Waals surface area (Å²) in [6.45, 7) is 1.73. The number of anilines is 2. The second kappa shape index (κ2) is 6.96. The average Bonchev–Trinajstić information content (AvgIpc) is 2.68. The van der Waals surface area contributed by atoms with Crippen molar-refractivity contribution in [1.29, 1.82) is 0 Å². The number of nitrogens with one attached hydrogen (secondary N) is 1. The Morgan fingerprint density at radius 3 is 2.54 bits per heavy atom. The molecule has 1 N–H and O–H groups in total. The van der Waals surface area contributed by atoms with Gasteiger partial charge >= 0.3 is 0 Å². The molecule has 4 rings (SSSR count). The summed E-state index contributed by atoms with van der Waals surface area (Å²) in [5, 5.41) is 2.68. The highest BCUT2D eigenvalue weighted by molar-refractivity contribution is 6.04. The number of carbonyl (C=O) groups excluding carboxylic acids is 1. The van der Waals surface area contributed by atoms with Gasteiger partial charge in [0.25, 0.3) is 5.91 Å². The molecule has 0 spiro atoms. The number of hydrogen-bond donors (Lipinski definition) is 1. The molecule has 1 aliphatic rings. The van der Waals surface area contributed by atoms with E-state index in [1.165, 1.54) is 23.3 Å². The first-order chi connectivity index (χ1) is 12.7. The molecular weight excluding hydrogens is 329 g/mol. The maximum absolute atomic E-state index is 13.7. The molecule has 4 nitrogen and oxygen atoms in total. The molecule has 0 saturated carbocycles. The molecule has 0 atom stereocenters. The molecule has 1 aliphatic heterocycles. The van der Waals surface area contributed by atoms with Crippen molar-refractivity contribution in [3.63, 3.8) is 0 Å². The second-order valence-electron chi connectivity index (χ2n) is 6.28. The largest absolute Gasteiger partial charge is 0.352 e. The van der Waals surface area contributed by atoms with Crippen LogP contribution in [0.3, 0.4) is 0 Å². The molecule has 1 amide bonds. The highest BCUT2D eigenvalue weighted by Crippen LogP contribution is 2.23. The van der Waals surface area contributed by atoms with Gasteiger partial charge in [0.2, 0.25) is 0 Å². The zero-order valence-electron chi connectivity index (χ0n) is 14.2. The number of fused-ring (bicyclic) bond motifs is 1. The molecule has 26 heavy (non-hydrogen) atoms. The Morgan fingerprint density at radius 1 is 1.00 bits per heavy atom. The van der Waals surface area contributed by atoms with Crippen molar-refractivity contribution in [2.75, 3.05) is 16.8 Å². The van der Waals surface area contributed by atoms with Crippen LogP contribution in [0.25, 0.3) is 0 Å². The number of rotatable bonds is 3. The van der Waals surface area contributed by atoms with E-state index in [4.69, 9.17) is 0 Å². The van der Waals surface area contributed by atoms with Gasteiger partial charge in [0.1, 0.15) is 11.6 Å². The summed E-state index contributed by atoms with van der Waals surface area (Å²) in [6.07, 6.45) is 2.60. The van der Waals surface area contributed by atoms with Gasteiger partial charge in [0.05, 0.1) is 17.4 Å². The number of pyridine rings is 1. The van der Waals surface area contributed by atoms with Crippen LogP contribution in [-0.4, -0.2) is 17.4 Å². The van der Waals surface area contributed by atoms with Crippen LogP contribution in [0, 0.1) is 5.82 Å². The van der Waals surface area contributed by atoms with Crippen LogP contribution in [0.1, 0.15) is 21.5 Å². The third-order valence-electron chi connectivity index (χ3n) is 4.58. The summed E-state index contributed by atoms with van der Waals surface area (Å²) in [6, 6.07) is 18.0. The van der Waals surface area contributed by atoms with Crippen LogP contribution < -0.4 is 10.2 Å². The van der Waals surface area contributed by atoms with E-state index in [0.29, 0.717) is 5.69 Å². The summed E-state index contributed by atoms with van der Waals surface area (Å²) in [7, 11) is 0. The van der Waals surface area contributed by atoms with Gasteiger partial charge in [0.15, 0.2) is 0 Å². The summed E-state index contributed by atoms with van der Waals surface area (Å²) in [5.74, 6) is -0.158. The number of halogens is 1. The van der Waals surface area contributed by atoms with Crippen LogP contribution in [0.2, 0.25) is 0 Å². The van der Waals surface area contributed by atoms with E-state index in [-0.39, 0.29) is 5.56 Å². The Labute approximate surface area is 151 Å². The Kier molecular flexibility index (Phi) is 4.35. The quantitative estimate of drug-likeness (QED) is 0.778. The molecular formula is C21H18FN3O. The molecule has 0 fully saturated rings. The number of carbonyl (C=O) groups is 1. The van der Waals surface area contributed by atoms with Gasteiger partial charge in [-0.1, -0.05) is 36.4 Å². The van der Waals surface area contributed by atoms with Crippen molar-refractivity contribution in [2.24, 2.45) is 0 Å². The Bertz CT molecular complexity index is 940. The number of aromatic nitrogens is 1. The minimum absolute atomic E-state index is 0.0178. The summed E-state index contributed by atoms with van der Waals surface area (Å²) in [4.78, 5) is 18.8. The molecule has 2 heterocycles. The van der Waals surface area contributed by atoms with Crippen molar-refractivity contribution in [3.05, 3.63) is 89.4 Å². The van der Waals surface area contributed by atoms with Gasteiger partial charge in [-0.2, -0.15) is 0 Å². The van der Waals surface area contributed by atoms with E-state index >= 15 is 0 Å². The average molecular weight is 347 g/mol. The lowest BCUT2D eigenvalue weighted by molar-refractivity contribution is 0.102. The summed E-state index contributed by atoms with van der Waals surface area (Å²) in [5.41, 5.74) is 3.26. The summed E-state index contributed by atoms with van der Waals surface area (Å²) < 4.78 is 13.7. The van der Waals surface area contributed by atoms with Crippen molar-refractivity contribution in [2.45, 2.75) is 13.0 Å². The molecule has 5 heteroatoms. The first-order valence-corrected chi connectivity index (χ1v) is 8.54. The van der Waals surface area contributed by atoms with E-state index in [9.17, 15) is 9.18 Å². The first kappa shape index (κ1) is 16.3. The number of nitrogens with zero attached hydrogens (tertiary/aromatic N) is 2. The normalized spacial score (nSPS) is 13.2. The van der Waals surface area contributed by atoms with E-state index in [1.54, 1.807) is 24.4 Å². The Balaban J connectivity index is 1.46. The maximum Gasteiger partial charge on any atom is 0.258 e. The molecule has 1 aromatic heterocycles. The van der Waals surface area contributed by atoms with E-state index in [2.05, 4.69) is 39.5 Å². The molecule has 0 unspecified atom stereocenters. The predicted molar refractivity (Wildman–Crippen MR) is 99.8 cm³/mol. The minimum atomic E-state index is -0.540. The van der Waals surface area contributed by atoms with Crippen molar-refractivity contribution < 1.29 is 9.18 Å². The minimum Gasteiger partial charge on any atom is -0.352 e. The number of benzene rings is 2. The van der Waals surface area contributed by atoms with Gasteiger partial charge in [-0.3, -0.25) is 4.79 Å². The molecule has 0 radical (unpaired) electrons. The van der Waals surface area contributed by atoms with Gasteiger partial charge in [-0.25, -0.2) is 9.37 Å². The van der Waals surface area contributed by atoms with E-state index in [0.717, 1.165) is 25.3 Å². The lowest BCUT2D eigenvalue weighted by Crippen LogP contribution is -2.30. The van der Waals surface area contributed by atoms with Crippen molar-refractivity contribution in [1.82, 2.24) is 4.98 Å². The Morgan fingerprint density at radius 2 is 1.77 bits per heavy atom. The van der Waals surface area contributed by atoms with Gasteiger partial charge in [-0.15, -0.1) is 0 Å². The Hall–Kier alpha value is -3.21. The third-order valence-corrected chi connectivity index (χ3v) is 4.58. The summed E-state index contributed by atoms with van der Waals surface area (Å²) >= 11 is 0. The lowest BCUT2D eigenvalue weighted by Gasteiger charge is -2.29. The molecule has 0 saturated heterocycles. The van der Waals surface area contributed by atoms with Crippen LogP contribution in [0.5, 0.6) is 0 Å². The smallest absolute Gasteiger partial charge is 0.258 e. The zero-order valence-corrected chi connectivity index (χ0v) is 14.2. The fourth-order valence-electron chi connectivity index (χ4n) is 3.18. The standard InChI is InChI=1S/C21H18FN3O/c22-19-8-4-3-7-18(19)21(26)24-17-9-10-20(23-13-17)25-12-11-15-5-1-2-6-16(15)14-25/h1-10,13H,11-12,14H2,(H,24,26). The van der Waals surface area contributed by atoms with E-state index in [1.807, 2.05) is 6.07 Å². The fourth-order valence-corrected chi connectivity index (χ4v) is 3.18. The van der Waals surface area contributed by atoms with Gasteiger partial charge in [-0.05, 0) is 41.8 Å². The van der Waals surface area contributed by atoms with Crippen molar-refractivity contribution >= 4 is 17.4 Å².